The highest BCUT2D eigenvalue weighted by atomic mass is 32.2. The van der Waals surface area contributed by atoms with Crippen molar-refractivity contribution in [3.8, 4) is 33.3 Å². The van der Waals surface area contributed by atoms with Gasteiger partial charge in [0.25, 0.3) is 10.0 Å². The predicted octanol–water partition coefficient (Wildman–Crippen LogP) is 4.69. The number of anilines is 1. The third kappa shape index (κ3) is 4.52. The summed E-state index contributed by atoms with van der Waals surface area (Å²) < 4.78 is 38.7. The number of hydrogen-bond donors (Lipinski definition) is 1. The fourth-order valence-corrected chi connectivity index (χ4v) is 4.85. The van der Waals surface area contributed by atoms with E-state index in [1.54, 1.807) is 36.7 Å². The minimum atomic E-state index is -3.82. The van der Waals surface area contributed by atoms with Crippen molar-refractivity contribution in [1.82, 2.24) is 9.97 Å². The minimum absolute atomic E-state index is 0.0723. The number of nitrogens with zero attached hydrogens (tertiary/aromatic N) is 2. The number of rotatable bonds is 7. The SMILES string of the molecule is COc1ccc(S(=O)(=O)Nc2cccc(-c3csc(-c4cccnc4)n3)c2)cc1OC. The molecular weight excluding hydrogens is 434 g/mol. The lowest BCUT2D eigenvalue weighted by molar-refractivity contribution is 0.354. The molecule has 7 nitrogen and oxygen atoms in total. The maximum absolute atomic E-state index is 12.9. The molecule has 2 aromatic heterocycles. The molecule has 31 heavy (non-hydrogen) atoms. The van der Waals surface area contributed by atoms with Crippen LogP contribution in [0.1, 0.15) is 0 Å². The molecule has 0 saturated heterocycles. The summed E-state index contributed by atoms with van der Waals surface area (Å²) in [6, 6.07) is 15.4. The van der Waals surface area contributed by atoms with Gasteiger partial charge in [-0.2, -0.15) is 0 Å². The fourth-order valence-electron chi connectivity index (χ4n) is 2.97. The van der Waals surface area contributed by atoms with Crippen LogP contribution in [0.5, 0.6) is 11.5 Å². The number of nitrogens with one attached hydrogen (secondary N) is 1. The Hall–Kier alpha value is -3.43. The van der Waals surface area contributed by atoms with Crippen molar-refractivity contribution in [2.75, 3.05) is 18.9 Å². The summed E-state index contributed by atoms with van der Waals surface area (Å²) in [7, 11) is -0.868. The van der Waals surface area contributed by atoms with E-state index in [4.69, 9.17) is 9.47 Å². The van der Waals surface area contributed by atoms with E-state index in [1.165, 1.54) is 37.7 Å². The van der Waals surface area contributed by atoms with Crippen LogP contribution in [0.15, 0.2) is 77.3 Å². The van der Waals surface area contributed by atoms with E-state index < -0.39 is 10.0 Å². The summed E-state index contributed by atoms with van der Waals surface area (Å²) in [6.45, 7) is 0. The topological polar surface area (TPSA) is 90.4 Å². The Morgan fingerprint density at radius 2 is 1.74 bits per heavy atom. The van der Waals surface area contributed by atoms with E-state index in [0.717, 1.165) is 21.8 Å². The zero-order chi connectivity index (χ0) is 21.8. The van der Waals surface area contributed by atoms with Crippen molar-refractivity contribution >= 4 is 27.0 Å². The van der Waals surface area contributed by atoms with Crippen LogP contribution in [0.25, 0.3) is 21.8 Å². The maximum Gasteiger partial charge on any atom is 0.262 e. The van der Waals surface area contributed by atoms with E-state index in [9.17, 15) is 8.42 Å². The number of benzene rings is 2. The van der Waals surface area contributed by atoms with E-state index in [-0.39, 0.29) is 4.90 Å². The number of thiazole rings is 1. The van der Waals surface area contributed by atoms with Gasteiger partial charge < -0.3 is 9.47 Å². The first-order chi connectivity index (χ1) is 15.0. The third-order valence-corrected chi connectivity index (χ3v) is 6.76. The van der Waals surface area contributed by atoms with E-state index >= 15 is 0 Å². The zero-order valence-corrected chi connectivity index (χ0v) is 18.4. The first-order valence-electron chi connectivity index (χ1n) is 9.21. The molecule has 0 saturated carbocycles. The summed E-state index contributed by atoms with van der Waals surface area (Å²) in [5, 5.41) is 2.78. The molecule has 9 heteroatoms. The van der Waals surface area contributed by atoms with Crippen molar-refractivity contribution in [3.05, 3.63) is 72.4 Å². The van der Waals surface area contributed by atoms with Crippen molar-refractivity contribution in [3.63, 3.8) is 0 Å². The van der Waals surface area contributed by atoms with Crippen LogP contribution in [0.2, 0.25) is 0 Å². The highest BCUT2D eigenvalue weighted by molar-refractivity contribution is 7.92. The van der Waals surface area contributed by atoms with Gasteiger partial charge in [0.15, 0.2) is 11.5 Å². The Bertz CT molecular complexity index is 1310. The van der Waals surface area contributed by atoms with Gasteiger partial charge in [-0.25, -0.2) is 13.4 Å². The van der Waals surface area contributed by atoms with Crippen molar-refractivity contribution in [2.24, 2.45) is 0 Å². The second kappa shape index (κ2) is 8.75. The smallest absolute Gasteiger partial charge is 0.262 e. The first-order valence-corrected chi connectivity index (χ1v) is 11.6. The quantitative estimate of drug-likeness (QED) is 0.437. The highest BCUT2D eigenvalue weighted by Crippen LogP contribution is 2.32. The van der Waals surface area contributed by atoms with Gasteiger partial charge >= 0.3 is 0 Å². The molecule has 4 aromatic rings. The molecule has 0 unspecified atom stereocenters. The van der Waals surface area contributed by atoms with Crippen LogP contribution in [0, 0.1) is 0 Å². The molecule has 0 bridgehead atoms. The fraction of sp³-hybridized carbons (Fsp3) is 0.0909. The third-order valence-electron chi connectivity index (χ3n) is 4.49. The molecule has 2 aromatic carbocycles. The lowest BCUT2D eigenvalue weighted by Gasteiger charge is -2.12. The molecule has 0 spiro atoms. The van der Waals surface area contributed by atoms with Gasteiger partial charge in [0.1, 0.15) is 5.01 Å². The first kappa shape index (κ1) is 20.8. The number of hydrogen-bond acceptors (Lipinski definition) is 7. The largest absolute Gasteiger partial charge is 0.493 e. The van der Waals surface area contributed by atoms with E-state index in [2.05, 4.69) is 14.7 Å². The summed E-state index contributed by atoms with van der Waals surface area (Å²) in [5.74, 6) is 0.793. The van der Waals surface area contributed by atoms with Crippen LogP contribution in [-0.2, 0) is 10.0 Å². The monoisotopic (exact) mass is 453 g/mol. The van der Waals surface area contributed by atoms with Crippen LogP contribution in [0.3, 0.4) is 0 Å². The molecule has 0 amide bonds. The molecule has 1 N–H and O–H groups in total. The molecule has 0 fully saturated rings. The number of aromatic nitrogens is 2. The van der Waals surface area contributed by atoms with Crippen molar-refractivity contribution in [2.45, 2.75) is 4.90 Å². The average Bonchev–Trinajstić information content (AvgIpc) is 3.29. The number of pyridine rings is 1. The van der Waals surface area contributed by atoms with Gasteiger partial charge in [0.2, 0.25) is 0 Å². The molecule has 0 aliphatic rings. The Kier molecular flexibility index (Phi) is 5.88. The van der Waals surface area contributed by atoms with Crippen LogP contribution in [0.4, 0.5) is 5.69 Å². The molecule has 4 rings (SSSR count). The molecule has 0 atom stereocenters. The van der Waals surface area contributed by atoms with Crippen LogP contribution in [-0.4, -0.2) is 32.6 Å². The van der Waals surface area contributed by atoms with Crippen LogP contribution < -0.4 is 14.2 Å². The van der Waals surface area contributed by atoms with Gasteiger partial charge in [0.05, 0.1) is 24.8 Å². The summed E-state index contributed by atoms with van der Waals surface area (Å²) in [5.41, 5.74) is 2.93. The standard InChI is InChI=1S/C22H19N3O4S2/c1-28-20-9-8-18(12-21(20)29-2)31(26,27)25-17-7-3-5-15(11-17)19-14-30-22(24-19)16-6-4-10-23-13-16/h3-14,25H,1-2H3. The van der Waals surface area contributed by atoms with Crippen molar-refractivity contribution < 1.29 is 17.9 Å². The van der Waals surface area contributed by atoms with E-state index in [1.807, 2.05) is 23.6 Å². The van der Waals surface area contributed by atoms with Gasteiger partial charge in [-0.3, -0.25) is 9.71 Å². The van der Waals surface area contributed by atoms with E-state index in [0.29, 0.717) is 17.2 Å². The maximum atomic E-state index is 12.9. The Morgan fingerprint density at radius 1 is 0.935 bits per heavy atom. The second-order valence-electron chi connectivity index (χ2n) is 6.48. The molecule has 158 valence electrons. The van der Waals surface area contributed by atoms with Gasteiger partial charge in [0, 0.05) is 40.7 Å². The summed E-state index contributed by atoms with van der Waals surface area (Å²) in [6.07, 6.45) is 3.47. The van der Waals surface area contributed by atoms with Gasteiger partial charge in [-0.15, -0.1) is 11.3 Å². The zero-order valence-electron chi connectivity index (χ0n) is 16.8. The summed E-state index contributed by atoms with van der Waals surface area (Å²) in [4.78, 5) is 8.85. The van der Waals surface area contributed by atoms with Gasteiger partial charge in [-0.05, 0) is 36.4 Å². The Labute approximate surface area is 184 Å². The molecule has 0 aliphatic carbocycles. The number of sulfonamides is 1. The van der Waals surface area contributed by atoms with Crippen LogP contribution >= 0.6 is 11.3 Å². The average molecular weight is 454 g/mol. The highest BCUT2D eigenvalue weighted by Gasteiger charge is 2.18. The molecule has 0 aliphatic heterocycles. The Balaban J connectivity index is 1.60. The lowest BCUT2D eigenvalue weighted by atomic mass is 10.1. The minimum Gasteiger partial charge on any atom is -0.493 e. The molecule has 2 heterocycles. The molecular formula is C22H19N3O4S2. The van der Waals surface area contributed by atoms with Crippen molar-refractivity contribution in [1.29, 1.82) is 0 Å². The normalized spacial score (nSPS) is 11.2. The summed E-state index contributed by atoms with van der Waals surface area (Å²) >= 11 is 1.51. The van der Waals surface area contributed by atoms with Gasteiger partial charge in [-0.1, -0.05) is 12.1 Å². The second-order valence-corrected chi connectivity index (χ2v) is 9.02. The lowest BCUT2D eigenvalue weighted by Crippen LogP contribution is -2.13. The number of methoxy groups -OCH3 is 2. The molecule has 0 radical (unpaired) electrons. The predicted molar refractivity (Wildman–Crippen MR) is 121 cm³/mol. The Morgan fingerprint density at radius 3 is 2.48 bits per heavy atom. The number of ether oxygens (including phenoxy) is 2.